The molecule has 1 aromatic carbocycles. The normalized spacial score (nSPS) is 10.1. The summed E-state index contributed by atoms with van der Waals surface area (Å²) in [5.41, 5.74) is 0.755. The largest absolute Gasteiger partial charge is 0.478 e. The molecule has 92 valence electrons. The van der Waals surface area contributed by atoms with Gasteiger partial charge in [-0.3, -0.25) is 0 Å². The lowest BCUT2D eigenvalue weighted by Gasteiger charge is -2.08. The number of benzene rings is 1. The zero-order valence-corrected chi connectivity index (χ0v) is 11.6. The number of nitrogens with zero attached hydrogens (tertiary/aromatic N) is 2. The molecule has 0 saturated carbocycles. The average Bonchev–Trinajstić information content (AvgIpc) is 2.34. The molecule has 2 rings (SSSR count). The maximum absolute atomic E-state index is 11.0. The second-order valence-electron chi connectivity index (χ2n) is 3.52. The van der Waals surface area contributed by atoms with Crippen molar-refractivity contribution in [1.29, 1.82) is 0 Å². The van der Waals surface area contributed by atoms with Gasteiger partial charge in [0.15, 0.2) is 0 Å². The van der Waals surface area contributed by atoms with E-state index in [9.17, 15) is 4.79 Å². The minimum atomic E-state index is -0.985. The van der Waals surface area contributed by atoms with Crippen molar-refractivity contribution < 1.29 is 14.6 Å². The third kappa shape index (κ3) is 2.76. The smallest absolute Gasteiger partial charge is 0.336 e. The summed E-state index contributed by atoms with van der Waals surface area (Å²) in [5, 5.41) is 9.00. The van der Waals surface area contributed by atoms with Crippen LogP contribution in [0, 0.1) is 10.5 Å². The number of hydrogen-bond donors (Lipinski definition) is 1. The highest BCUT2D eigenvalue weighted by atomic mass is 127. The van der Waals surface area contributed by atoms with Crippen LogP contribution in [-0.2, 0) is 0 Å². The summed E-state index contributed by atoms with van der Waals surface area (Å²) in [6.07, 6.45) is 3.25. The lowest BCUT2D eigenvalue weighted by Crippen LogP contribution is -2.01. The molecule has 1 N–H and O–H groups in total. The fourth-order valence-electron chi connectivity index (χ4n) is 1.41. The van der Waals surface area contributed by atoms with Crippen LogP contribution in [0.5, 0.6) is 11.8 Å². The number of rotatable bonds is 3. The lowest BCUT2D eigenvalue weighted by atomic mass is 10.1. The maximum atomic E-state index is 11.0. The number of carboxylic acids is 1. The van der Waals surface area contributed by atoms with Gasteiger partial charge in [-0.15, -0.1) is 0 Å². The highest BCUT2D eigenvalue weighted by molar-refractivity contribution is 14.1. The Bertz CT molecular complexity index is 584. The first-order chi connectivity index (χ1) is 8.58. The van der Waals surface area contributed by atoms with Crippen molar-refractivity contribution in [2.24, 2.45) is 0 Å². The first kappa shape index (κ1) is 12.7. The zero-order chi connectivity index (χ0) is 13.1. The molecule has 0 unspecified atom stereocenters. The van der Waals surface area contributed by atoms with E-state index in [1.807, 2.05) is 0 Å². The third-order valence-electron chi connectivity index (χ3n) is 2.31. The Balaban J connectivity index is 2.32. The zero-order valence-electron chi connectivity index (χ0n) is 9.42. The summed E-state index contributed by atoms with van der Waals surface area (Å²) >= 11 is 2.09. The summed E-state index contributed by atoms with van der Waals surface area (Å²) in [6, 6.07) is 5.03. The quantitative estimate of drug-likeness (QED) is 0.857. The number of aromatic carboxylic acids is 1. The van der Waals surface area contributed by atoms with E-state index < -0.39 is 5.97 Å². The molecule has 0 amide bonds. The number of aromatic nitrogens is 2. The van der Waals surface area contributed by atoms with E-state index in [0.717, 1.165) is 3.57 Å². The molecule has 6 heteroatoms. The van der Waals surface area contributed by atoms with E-state index in [1.165, 1.54) is 6.07 Å². The highest BCUT2D eigenvalue weighted by Crippen LogP contribution is 2.25. The highest BCUT2D eigenvalue weighted by Gasteiger charge is 2.12. The monoisotopic (exact) mass is 356 g/mol. The first-order valence-electron chi connectivity index (χ1n) is 5.06. The van der Waals surface area contributed by atoms with E-state index in [0.29, 0.717) is 11.3 Å². The van der Waals surface area contributed by atoms with E-state index in [4.69, 9.17) is 9.84 Å². The first-order valence-corrected chi connectivity index (χ1v) is 6.14. The van der Waals surface area contributed by atoms with Crippen LogP contribution in [0.1, 0.15) is 15.9 Å². The SMILES string of the molecule is Cc1c(Oc2ncc(I)cn2)cccc1C(=O)O. The van der Waals surface area contributed by atoms with Crippen molar-refractivity contribution in [2.75, 3.05) is 0 Å². The molecule has 1 aromatic heterocycles. The molecule has 0 bridgehead atoms. The van der Waals surface area contributed by atoms with Crippen molar-refractivity contribution in [3.05, 3.63) is 45.3 Å². The van der Waals surface area contributed by atoms with Crippen LogP contribution in [0.25, 0.3) is 0 Å². The molecule has 0 saturated heterocycles. The van der Waals surface area contributed by atoms with E-state index in [-0.39, 0.29) is 11.6 Å². The minimum absolute atomic E-state index is 0.195. The van der Waals surface area contributed by atoms with Gasteiger partial charge < -0.3 is 9.84 Å². The van der Waals surface area contributed by atoms with Crippen molar-refractivity contribution in [3.8, 4) is 11.8 Å². The molecule has 0 radical (unpaired) electrons. The number of ether oxygens (including phenoxy) is 1. The van der Waals surface area contributed by atoms with Crippen LogP contribution in [0.2, 0.25) is 0 Å². The van der Waals surface area contributed by atoms with Crippen molar-refractivity contribution >= 4 is 28.6 Å². The number of halogens is 1. The summed E-state index contributed by atoms with van der Waals surface area (Å²) in [7, 11) is 0. The fraction of sp³-hybridized carbons (Fsp3) is 0.0833. The van der Waals surface area contributed by atoms with Crippen LogP contribution < -0.4 is 4.74 Å². The summed E-state index contributed by atoms with van der Waals surface area (Å²) < 4.78 is 6.37. The van der Waals surface area contributed by atoms with Gasteiger partial charge in [0.1, 0.15) is 5.75 Å². The number of hydrogen-bond acceptors (Lipinski definition) is 4. The predicted octanol–water partition coefficient (Wildman–Crippen LogP) is 2.88. The molecule has 0 fully saturated rings. The summed E-state index contributed by atoms with van der Waals surface area (Å²) in [4.78, 5) is 19.0. The molecule has 1 heterocycles. The van der Waals surface area contributed by atoms with Gasteiger partial charge >= 0.3 is 12.0 Å². The molecule has 18 heavy (non-hydrogen) atoms. The predicted molar refractivity (Wildman–Crippen MR) is 73.0 cm³/mol. The number of carboxylic acid groups (broad SMARTS) is 1. The molecule has 0 aliphatic rings. The molecule has 0 aliphatic carbocycles. The molecule has 0 atom stereocenters. The van der Waals surface area contributed by atoms with Gasteiger partial charge in [-0.25, -0.2) is 14.8 Å². The topological polar surface area (TPSA) is 72.3 Å². The average molecular weight is 356 g/mol. The van der Waals surface area contributed by atoms with Gasteiger partial charge in [0.05, 0.1) is 5.56 Å². The van der Waals surface area contributed by atoms with E-state index in [1.54, 1.807) is 31.5 Å². The van der Waals surface area contributed by atoms with Crippen LogP contribution in [0.4, 0.5) is 0 Å². The Hall–Kier alpha value is -1.70. The van der Waals surface area contributed by atoms with Crippen LogP contribution in [-0.4, -0.2) is 21.0 Å². The summed E-state index contributed by atoms with van der Waals surface area (Å²) in [5.74, 6) is -0.544. The second-order valence-corrected chi connectivity index (χ2v) is 4.77. The van der Waals surface area contributed by atoms with Crippen molar-refractivity contribution in [2.45, 2.75) is 6.92 Å². The van der Waals surface area contributed by atoms with Crippen molar-refractivity contribution in [1.82, 2.24) is 9.97 Å². The van der Waals surface area contributed by atoms with Gasteiger partial charge in [-0.1, -0.05) is 6.07 Å². The van der Waals surface area contributed by atoms with E-state index >= 15 is 0 Å². The fourth-order valence-corrected chi connectivity index (χ4v) is 1.69. The van der Waals surface area contributed by atoms with Gasteiger partial charge in [-0.2, -0.15) is 0 Å². The lowest BCUT2D eigenvalue weighted by molar-refractivity contribution is 0.0695. The van der Waals surface area contributed by atoms with Crippen LogP contribution in [0.15, 0.2) is 30.6 Å². The molecular weight excluding hydrogens is 347 g/mol. The molecular formula is C12H9IN2O3. The molecule has 2 aromatic rings. The van der Waals surface area contributed by atoms with E-state index in [2.05, 4.69) is 32.6 Å². The Morgan fingerprint density at radius 2 is 2.00 bits per heavy atom. The van der Waals surface area contributed by atoms with Crippen molar-refractivity contribution in [3.63, 3.8) is 0 Å². The maximum Gasteiger partial charge on any atom is 0.336 e. The third-order valence-corrected chi connectivity index (χ3v) is 2.87. The molecule has 5 nitrogen and oxygen atoms in total. The van der Waals surface area contributed by atoms with Gasteiger partial charge in [0.2, 0.25) is 0 Å². The Labute approximate surface area is 117 Å². The van der Waals surface area contributed by atoms with Crippen LogP contribution in [0.3, 0.4) is 0 Å². The second kappa shape index (κ2) is 5.30. The Kier molecular flexibility index (Phi) is 3.75. The Morgan fingerprint density at radius 1 is 1.33 bits per heavy atom. The number of carbonyl (C=O) groups is 1. The molecule has 0 spiro atoms. The standard InChI is InChI=1S/C12H9IN2O3/c1-7-9(11(16)17)3-2-4-10(7)18-12-14-5-8(13)6-15-12/h2-6H,1H3,(H,16,17). The van der Waals surface area contributed by atoms with Crippen LogP contribution >= 0.6 is 22.6 Å². The van der Waals surface area contributed by atoms with Gasteiger partial charge in [0, 0.05) is 21.5 Å². The van der Waals surface area contributed by atoms with Gasteiger partial charge in [0.25, 0.3) is 0 Å². The van der Waals surface area contributed by atoms with Gasteiger partial charge in [-0.05, 0) is 41.6 Å². The Morgan fingerprint density at radius 3 is 2.61 bits per heavy atom. The molecule has 0 aliphatic heterocycles. The summed E-state index contributed by atoms with van der Waals surface area (Å²) in [6.45, 7) is 1.69. The minimum Gasteiger partial charge on any atom is -0.478 e.